The van der Waals surface area contributed by atoms with Crippen molar-refractivity contribution in [2.75, 3.05) is 7.11 Å². The molecule has 124 valence electrons. The molecule has 5 nitrogen and oxygen atoms in total. The van der Waals surface area contributed by atoms with Crippen molar-refractivity contribution < 1.29 is 24.5 Å². The first-order valence-electron chi connectivity index (χ1n) is 7.42. The van der Waals surface area contributed by atoms with Crippen LogP contribution in [-0.4, -0.2) is 29.3 Å². The van der Waals surface area contributed by atoms with E-state index in [2.05, 4.69) is 6.58 Å². The summed E-state index contributed by atoms with van der Waals surface area (Å²) in [4.78, 5) is 22.7. The van der Waals surface area contributed by atoms with E-state index in [0.717, 1.165) is 11.1 Å². The number of hydrogen-bond donors (Lipinski definition) is 2. The minimum atomic E-state index is -1.43. The third-order valence-electron chi connectivity index (χ3n) is 3.72. The quantitative estimate of drug-likeness (QED) is 0.332. The van der Waals surface area contributed by atoms with Crippen LogP contribution in [0.3, 0.4) is 0 Å². The summed E-state index contributed by atoms with van der Waals surface area (Å²) in [6.45, 7) is 7.43. The number of allylic oxidation sites excluding steroid dienone is 2. The summed E-state index contributed by atoms with van der Waals surface area (Å²) in [6, 6.07) is 3.47. The van der Waals surface area contributed by atoms with Crippen molar-refractivity contribution in [1.29, 1.82) is 0 Å². The second-order valence-corrected chi connectivity index (χ2v) is 4.94. The van der Waals surface area contributed by atoms with Gasteiger partial charge in [-0.05, 0) is 42.0 Å². The van der Waals surface area contributed by atoms with Crippen LogP contribution in [0.5, 0.6) is 5.75 Å². The maximum Gasteiger partial charge on any atom is 0.343 e. The molecule has 0 atom stereocenters. The molecule has 5 heteroatoms. The summed E-state index contributed by atoms with van der Waals surface area (Å²) in [5.41, 5.74) is 2.17. The molecular weight excluding hydrogens is 296 g/mol. The van der Waals surface area contributed by atoms with Gasteiger partial charge >= 0.3 is 11.9 Å². The molecule has 0 aromatic heterocycles. The number of methoxy groups -OCH3 is 1. The van der Waals surface area contributed by atoms with E-state index in [9.17, 15) is 19.8 Å². The van der Waals surface area contributed by atoms with Gasteiger partial charge in [0, 0.05) is 5.56 Å². The molecule has 0 aliphatic rings. The van der Waals surface area contributed by atoms with Crippen LogP contribution in [0.1, 0.15) is 37.0 Å². The van der Waals surface area contributed by atoms with Crippen LogP contribution in [0, 0.1) is 0 Å². The van der Waals surface area contributed by atoms with E-state index in [1.165, 1.54) is 0 Å². The zero-order chi connectivity index (χ0) is 17.6. The smallest absolute Gasteiger partial charge is 0.343 e. The molecule has 1 rings (SSSR count). The van der Waals surface area contributed by atoms with Gasteiger partial charge in [0.15, 0.2) is 0 Å². The Hall–Kier alpha value is -2.56. The molecule has 0 bridgehead atoms. The highest BCUT2D eigenvalue weighted by atomic mass is 16.5. The molecule has 0 amide bonds. The Balaban J connectivity index is 3.78. The van der Waals surface area contributed by atoms with Gasteiger partial charge < -0.3 is 14.9 Å². The van der Waals surface area contributed by atoms with Crippen LogP contribution in [0.2, 0.25) is 0 Å². The minimum absolute atomic E-state index is 0.306. The van der Waals surface area contributed by atoms with Crippen LogP contribution in [0.4, 0.5) is 0 Å². The second-order valence-electron chi connectivity index (χ2n) is 4.94. The van der Waals surface area contributed by atoms with Gasteiger partial charge in [-0.15, -0.1) is 6.58 Å². The van der Waals surface area contributed by atoms with Crippen LogP contribution < -0.4 is 4.74 Å². The SMILES string of the molecule is C=CCc1c(OC)ccc(C(CC)=C(C(=O)O)C(=O)O)c1CC. The van der Waals surface area contributed by atoms with Crippen LogP contribution in [-0.2, 0) is 22.4 Å². The van der Waals surface area contributed by atoms with Gasteiger partial charge in [0.25, 0.3) is 0 Å². The second kappa shape index (κ2) is 8.17. The average Bonchev–Trinajstić information content (AvgIpc) is 2.51. The molecule has 1 aromatic rings. The van der Waals surface area contributed by atoms with Gasteiger partial charge in [-0.1, -0.05) is 26.0 Å². The Labute approximate surface area is 135 Å². The van der Waals surface area contributed by atoms with Gasteiger partial charge in [-0.2, -0.15) is 0 Å². The molecule has 2 N–H and O–H groups in total. The van der Waals surface area contributed by atoms with Crippen LogP contribution in [0.15, 0.2) is 30.4 Å². The van der Waals surface area contributed by atoms with E-state index in [4.69, 9.17) is 4.74 Å². The van der Waals surface area contributed by atoms with Gasteiger partial charge in [0.05, 0.1) is 7.11 Å². The Kier molecular flexibility index (Phi) is 6.57. The summed E-state index contributed by atoms with van der Waals surface area (Å²) in [5, 5.41) is 18.5. The largest absolute Gasteiger partial charge is 0.496 e. The molecule has 0 fully saturated rings. The lowest BCUT2D eigenvalue weighted by Gasteiger charge is -2.18. The number of carbonyl (C=O) groups is 2. The number of carboxylic acid groups (broad SMARTS) is 2. The molecule has 0 radical (unpaired) electrons. The summed E-state index contributed by atoms with van der Waals surface area (Å²) >= 11 is 0. The third kappa shape index (κ3) is 3.80. The Morgan fingerprint density at radius 1 is 1.17 bits per heavy atom. The predicted octanol–water partition coefficient (Wildman–Crippen LogP) is 3.32. The highest BCUT2D eigenvalue weighted by molar-refractivity contribution is 6.18. The van der Waals surface area contributed by atoms with Crippen LogP contribution in [0.25, 0.3) is 5.57 Å². The van der Waals surface area contributed by atoms with Gasteiger partial charge in [-0.25, -0.2) is 9.59 Å². The van der Waals surface area contributed by atoms with Gasteiger partial charge in [-0.3, -0.25) is 0 Å². The molecule has 0 saturated heterocycles. The van der Waals surface area contributed by atoms with Crippen molar-refractivity contribution in [3.05, 3.63) is 47.1 Å². The predicted molar refractivity (Wildman–Crippen MR) is 88.8 cm³/mol. The van der Waals surface area contributed by atoms with E-state index in [0.29, 0.717) is 36.1 Å². The molecule has 0 heterocycles. The number of hydrogen-bond acceptors (Lipinski definition) is 3. The first-order valence-corrected chi connectivity index (χ1v) is 7.42. The fourth-order valence-corrected chi connectivity index (χ4v) is 2.77. The molecule has 0 aliphatic carbocycles. The van der Waals surface area contributed by atoms with Crippen molar-refractivity contribution in [3.63, 3.8) is 0 Å². The fraction of sp³-hybridized carbons (Fsp3) is 0.333. The molecular formula is C18H22O5. The molecule has 0 spiro atoms. The highest BCUT2D eigenvalue weighted by Gasteiger charge is 2.24. The van der Waals surface area contributed by atoms with E-state index in [1.54, 1.807) is 32.2 Å². The highest BCUT2D eigenvalue weighted by Crippen LogP contribution is 2.33. The maximum atomic E-state index is 11.4. The molecule has 23 heavy (non-hydrogen) atoms. The lowest BCUT2D eigenvalue weighted by Crippen LogP contribution is -2.15. The van der Waals surface area contributed by atoms with Crippen molar-refractivity contribution in [2.24, 2.45) is 0 Å². The first kappa shape index (κ1) is 18.5. The Bertz CT molecular complexity index is 640. The van der Waals surface area contributed by atoms with E-state index in [-0.39, 0.29) is 0 Å². The van der Waals surface area contributed by atoms with Crippen molar-refractivity contribution >= 4 is 17.5 Å². The van der Waals surface area contributed by atoms with Crippen molar-refractivity contribution in [2.45, 2.75) is 33.1 Å². The van der Waals surface area contributed by atoms with Crippen molar-refractivity contribution in [3.8, 4) is 5.75 Å². The molecule has 1 aromatic carbocycles. The van der Waals surface area contributed by atoms with Gasteiger partial charge in [0.1, 0.15) is 11.3 Å². The average molecular weight is 318 g/mol. The number of benzene rings is 1. The normalized spacial score (nSPS) is 10.0. The number of rotatable bonds is 8. The zero-order valence-corrected chi connectivity index (χ0v) is 13.7. The molecule has 0 aliphatic heterocycles. The first-order chi connectivity index (χ1) is 10.9. The van der Waals surface area contributed by atoms with Crippen LogP contribution >= 0.6 is 0 Å². The lowest BCUT2D eigenvalue weighted by molar-refractivity contribution is -0.140. The van der Waals surface area contributed by atoms with E-state index < -0.39 is 17.5 Å². The van der Waals surface area contributed by atoms with Gasteiger partial charge in [0.2, 0.25) is 0 Å². The Morgan fingerprint density at radius 3 is 2.17 bits per heavy atom. The Morgan fingerprint density at radius 2 is 1.78 bits per heavy atom. The topological polar surface area (TPSA) is 83.8 Å². The van der Waals surface area contributed by atoms with Crippen molar-refractivity contribution in [1.82, 2.24) is 0 Å². The summed E-state index contributed by atoms with van der Waals surface area (Å²) in [7, 11) is 1.57. The summed E-state index contributed by atoms with van der Waals surface area (Å²) < 4.78 is 5.37. The minimum Gasteiger partial charge on any atom is -0.496 e. The third-order valence-corrected chi connectivity index (χ3v) is 3.72. The lowest BCUT2D eigenvalue weighted by atomic mass is 9.88. The number of carboxylic acids is 2. The zero-order valence-electron chi connectivity index (χ0n) is 13.7. The number of aliphatic carboxylic acids is 2. The standard InChI is InChI=1S/C18H22O5/c1-5-8-14-11(6-2)13(9-10-15(14)23-4)12(7-3)16(17(19)20)18(21)22/h5,9-10H,1,6-8H2,2-4H3,(H,19,20)(H,21,22). The fourth-order valence-electron chi connectivity index (χ4n) is 2.77. The monoisotopic (exact) mass is 318 g/mol. The molecule has 0 unspecified atom stereocenters. The molecule has 0 saturated carbocycles. The van der Waals surface area contributed by atoms with E-state index >= 15 is 0 Å². The van der Waals surface area contributed by atoms with E-state index in [1.807, 2.05) is 6.92 Å². The summed E-state index contributed by atoms with van der Waals surface area (Å²) in [5.74, 6) is -2.18. The number of ether oxygens (including phenoxy) is 1. The summed E-state index contributed by atoms with van der Waals surface area (Å²) in [6.07, 6.45) is 3.24. The maximum absolute atomic E-state index is 11.4.